The number of hydrazone groups is 1. The van der Waals surface area contributed by atoms with Gasteiger partial charge in [-0.3, -0.25) is 14.9 Å². The molecule has 0 radical (unpaired) electrons. The van der Waals surface area contributed by atoms with Crippen LogP contribution < -0.4 is 10.2 Å². The molecular weight excluding hydrogens is 587 g/mol. The average molecular weight is 601 g/mol. The number of hydrogen-bond donors (Lipinski definition) is 1. The minimum absolute atomic E-state index is 0.0186. The predicted molar refractivity (Wildman–Crippen MR) is 126 cm³/mol. The minimum atomic E-state index is -4.56. The third-order valence-electron chi connectivity index (χ3n) is 4.38. The first-order valence-electron chi connectivity index (χ1n) is 9.40. The molecule has 3 aromatic carbocycles. The number of nitro groups is 1. The van der Waals surface area contributed by atoms with Crippen LogP contribution in [0.4, 0.5) is 18.9 Å². The van der Waals surface area contributed by atoms with E-state index in [1.54, 1.807) is 24.3 Å². The van der Waals surface area contributed by atoms with Gasteiger partial charge in [0.2, 0.25) is 0 Å². The summed E-state index contributed by atoms with van der Waals surface area (Å²) in [7, 11) is 0. The lowest BCUT2D eigenvalue weighted by Gasteiger charge is -2.11. The highest BCUT2D eigenvalue weighted by Crippen LogP contribution is 2.35. The number of non-ortho nitro benzene ring substituents is 1. The normalized spacial score (nSPS) is 11.4. The van der Waals surface area contributed by atoms with E-state index < -0.39 is 22.6 Å². The minimum Gasteiger partial charge on any atom is -0.487 e. The molecule has 0 saturated carbocycles. The second kappa shape index (κ2) is 10.8. The van der Waals surface area contributed by atoms with Gasteiger partial charge in [0.1, 0.15) is 12.4 Å². The summed E-state index contributed by atoms with van der Waals surface area (Å²) in [5, 5.41) is 14.5. The molecule has 12 heteroatoms. The van der Waals surface area contributed by atoms with Gasteiger partial charge in [-0.2, -0.15) is 18.3 Å². The Kier molecular flexibility index (Phi) is 8.05. The summed E-state index contributed by atoms with van der Waals surface area (Å²) in [5.41, 5.74) is 2.36. The van der Waals surface area contributed by atoms with Crippen molar-refractivity contribution in [1.29, 1.82) is 0 Å². The van der Waals surface area contributed by atoms with Crippen molar-refractivity contribution < 1.29 is 27.6 Å². The Morgan fingerprint density at radius 2 is 1.74 bits per heavy atom. The molecule has 0 bridgehead atoms. The van der Waals surface area contributed by atoms with E-state index in [9.17, 15) is 28.1 Å². The molecule has 0 aliphatic rings. The first kappa shape index (κ1) is 25.4. The fourth-order valence-corrected chi connectivity index (χ4v) is 4.18. The molecule has 0 spiro atoms. The molecule has 0 fully saturated rings. The molecule has 0 heterocycles. The number of hydrogen-bond acceptors (Lipinski definition) is 5. The summed E-state index contributed by atoms with van der Waals surface area (Å²) >= 11 is 6.77. The van der Waals surface area contributed by atoms with E-state index in [0.29, 0.717) is 20.3 Å². The Bertz CT molecular complexity index is 1230. The lowest BCUT2D eigenvalue weighted by Crippen LogP contribution is -2.18. The number of benzene rings is 3. The van der Waals surface area contributed by atoms with Crippen LogP contribution in [-0.4, -0.2) is 17.0 Å². The van der Waals surface area contributed by atoms with Crippen LogP contribution in [0.1, 0.15) is 27.0 Å². The van der Waals surface area contributed by atoms with Crippen molar-refractivity contribution in [1.82, 2.24) is 5.43 Å². The van der Waals surface area contributed by atoms with E-state index in [-0.39, 0.29) is 17.9 Å². The van der Waals surface area contributed by atoms with Crippen LogP contribution in [0.2, 0.25) is 0 Å². The van der Waals surface area contributed by atoms with E-state index in [2.05, 4.69) is 42.4 Å². The van der Waals surface area contributed by atoms with E-state index in [1.807, 2.05) is 0 Å². The Balaban J connectivity index is 1.64. The van der Waals surface area contributed by atoms with Crippen molar-refractivity contribution >= 4 is 49.7 Å². The second-order valence-electron chi connectivity index (χ2n) is 6.80. The highest BCUT2D eigenvalue weighted by molar-refractivity contribution is 9.11. The molecule has 3 rings (SSSR count). The highest BCUT2D eigenvalue weighted by Gasteiger charge is 2.30. The Morgan fingerprint density at radius 3 is 2.32 bits per heavy atom. The van der Waals surface area contributed by atoms with Gasteiger partial charge in [-0.25, -0.2) is 5.43 Å². The smallest absolute Gasteiger partial charge is 0.416 e. The first-order chi connectivity index (χ1) is 16.0. The Hall–Kier alpha value is -3.25. The van der Waals surface area contributed by atoms with E-state index in [0.717, 1.165) is 23.8 Å². The maximum Gasteiger partial charge on any atom is 0.416 e. The summed E-state index contributed by atoms with van der Waals surface area (Å²) in [6.07, 6.45) is -3.23. The van der Waals surface area contributed by atoms with Crippen LogP contribution in [0.15, 0.2) is 74.7 Å². The molecule has 0 aromatic heterocycles. The molecule has 7 nitrogen and oxygen atoms in total. The monoisotopic (exact) mass is 599 g/mol. The number of nitrogens with one attached hydrogen (secondary N) is 1. The zero-order valence-corrected chi connectivity index (χ0v) is 20.1. The molecular formula is C22H14Br2F3N3O4. The number of ether oxygens (including phenoxy) is 1. The van der Waals surface area contributed by atoms with Crippen LogP contribution in [0, 0.1) is 10.1 Å². The zero-order chi connectivity index (χ0) is 24.9. The molecule has 0 unspecified atom stereocenters. The maximum atomic E-state index is 12.8. The summed E-state index contributed by atoms with van der Waals surface area (Å²) in [6, 6.07) is 13.3. The summed E-state index contributed by atoms with van der Waals surface area (Å²) in [5.74, 6) is -0.313. The van der Waals surface area contributed by atoms with Crippen molar-refractivity contribution in [3.05, 3.63) is 102 Å². The van der Waals surface area contributed by atoms with Gasteiger partial charge in [-0.1, -0.05) is 6.07 Å². The quantitative estimate of drug-likeness (QED) is 0.191. The zero-order valence-electron chi connectivity index (χ0n) is 17.0. The van der Waals surface area contributed by atoms with Crippen molar-refractivity contribution in [3.63, 3.8) is 0 Å². The number of nitro benzene ring substituents is 1. The van der Waals surface area contributed by atoms with Gasteiger partial charge >= 0.3 is 6.18 Å². The first-order valence-corrected chi connectivity index (χ1v) is 11.0. The summed E-state index contributed by atoms with van der Waals surface area (Å²) in [6.45, 7) is 0.162. The lowest BCUT2D eigenvalue weighted by molar-refractivity contribution is -0.384. The van der Waals surface area contributed by atoms with Gasteiger partial charge in [0.15, 0.2) is 0 Å². The number of alkyl halides is 3. The molecule has 176 valence electrons. The largest absolute Gasteiger partial charge is 0.487 e. The van der Waals surface area contributed by atoms with E-state index in [1.165, 1.54) is 24.4 Å². The third kappa shape index (κ3) is 6.64. The van der Waals surface area contributed by atoms with Crippen molar-refractivity contribution in [2.24, 2.45) is 5.10 Å². The van der Waals surface area contributed by atoms with E-state index >= 15 is 0 Å². The number of carbonyl (C=O) groups excluding carboxylic acids is 1. The summed E-state index contributed by atoms with van der Waals surface area (Å²) < 4.78 is 45.3. The lowest BCUT2D eigenvalue weighted by atomic mass is 10.1. The maximum absolute atomic E-state index is 12.8. The van der Waals surface area contributed by atoms with Gasteiger partial charge in [0.05, 0.1) is 25.6 Å². The van der Waals surface area contributed by atoms with Crippen LogP contribution >= 0.6 is 31.9 Å². The van der Waals surface area contributed by atoms with E-state index in [4.69, 9.17) is 4.74 Å². The number of amides is 1. The van der Waals surface area contributed by atoms with Gasteiger partial charge in [-0.05, 0) is 85.5 Å². The molecule has 0 aliphatic heterocycles. The number of halogens is 5. The van der Waals surface area contributed by atoms with Crippen LogP contribution in [0.25, 0.3) is 0 Å². The average Bonchev–Trinajstić information content (AvgIpc) is 2.78. The molecule has 0 saturated heterocycles. The molecule has 0 aliphatic carbocycles. The van der Waals surface area contributed by atoms with Crippen LogP contribution in [0.3, 0.4) is 0 Å². The highest BCUT2D eigenvalue weighted by atomic mass is 79.9. The molecule has 1 N–H and O–H groups in total. The molecule has 0 atom stereocenters. The molecule has 34 heavy (non-hydrogen) atoms. The fraction of sp³-hybridized carbons (Fsp3) is 0.0909. The van der Waals surface area contributed by atoms with Gasteiger partial charge in [-0.15, -0.1) is 0 Å². The van der Waals surface area contributed by atoms with Crippen molar-refractivity contribution in [2.75, 3.05) is 0 Å². The SMILES string of the molecule is O=C(N/N=C\c1cc(Br)c(OCc2ccc([N+](=O)[O-])cc2)c(Br)c1)c1cccc(C(F)(F)F)c1. The predicted octanol–water partition coefficient (Wildman–Crippen LogP) is 6.48. The van der Waals surface area contributed by atoms with Crippen molar-refractivity contribution in [3.8, 4) is 5.75 Å². The molecule has 3 aromatic rings. The van der Waals surface area contributed by atoms with Crippen LogP contribution in [-0.2, 0) is 12.8 Å². The van der Waals surface area contributed by atoms with Crippen molar-refractivity contribution in [2.45, 2.75) is 12.8 Å². The number of carbonyl (C=O) groups is 1. The van der Waals surface area contributed by atoms with Gasteiger partial charge < -0.3 is 4.74 Å². The third-order valence-corrected chi connectivity index (χ3v) is 5.56. The topological polar surface area (TPSA) is 93.8 Å². The number of nitrogens with zero attached hydrogens (tertiary/aromatic N) is 2. The second-order valence-corrected chi connectivity index (χ2v) is 8.51. The van der Waals surface area contributed by atoms with Gasteiger partial charge in [0, 0.05) is 17.7 Å². The number of rotatable bonds is 7. The Morgan fingerprint density at radius 1 is 1.09 bits per heavy atom. The Labute approximate surface area is 208 Å². The molecule has 1 amide bonds. The van der Waals surface area contributed by atoms with Gasteiger partial charge in [0.25, 0.3) is 11.6 Å². The standard InChI is InChI=1S/C22H14Br2F3N3O4/c23-18-8-14(11-28-29-21(31)15-2-1-3-16(10-15)22(25,26)27)9-19(24)20(18)34-12-13-4-6-17(7-5-13)30(32)33/h1-11H,12H2,(H,29,31)/b28-11-. The summed E-state index contributed by atoms with van der Waals surface area (Å²) in [4.78, 5) is 22.4. The fourth-order valence-electron chi connectivity index (χ4n) is 2.73. The van der Waals surface area contributed by atoms with Crippen LogP contribution in [0.5, 0.6) is 5.75 Å².